The van der Waals surface area contributed by atoms with E-state index in [1.54, 1.807) is 30.3 Å². The van der Waals surface area contributed by atoms with Gasteiger partial charge in [0.05, 0.1) is 5.69 Å². The fraction of sp³-hybridized carbons (Fsp3) is 0.160. The minimum Gasteiger partial charge on any atom is -0.482 e. The molecule has 0 saturated carbocycles. The van der Waals surface area contributed by atoms with E-state index in [4.69, 9.17) is 4.74 Å². The van der Waals surface area contributed by atoms with Gasteiger partial charge in [0.15, 0.2) is 6.61 Å². The average molecular weight is 429 g/mol. The summed E-state index contributed by atoms with van der Waals surface area (Å²) in [5.41, 5.74) is 2.72. The molecule has 0 saturated heterocycles. The number of carbonyl (C=O) groups excluding carboxylic acids is 3. The lowest BCUT2D eigenvalue weighted by atomic mass is 10.1. The van der Waals surface area contributed by atoms with Gasteiger partial charge in [-0.3, -0.25) is 19.3 Å². The van der Waals surface area contributed by atoms with Gasteiger partial charge in [0.25, 0.3) is 5.91 Å². The van der Waals surface area contributed by atoms with Gasteiger partial charge in [-0.25, -0.2) is 0 Å². The molecule has 3 aromatic rings. The van der Waals surface area contributed by atoms with Crippen molar-refractivity contribution in [1.82, 2.24) is 0 Å². The number of nitrogens with one attached hydrogen (secondary N) is 2. The van der Waals surface area contributed by atoms with Crippen molar-refractivity contribution in [3.8, 4) is 5.75 Å². The Morgan fingerprint density at radius 1 is 0.844 bits per heavy atom. The molecule has 0 aliphatic carbocycles. The van der Waals surface area contributed by atoms with Crippen LogP contribution in [-0.4, -0.2) is 30.9 Å². The summed E-state index contributed by atoms with van der Waals surface area (Å²) in [6.07, 6.45) is 0.963. The van der Waals surface area contributed by atoms with Crippen molar-refractivity contribution < 1.29 is 19.1 Å². The first kappa shape index (κ1) is 21.1. The quantitative estimate of drug-likeness (QED) is 0.601. The molecule has 1 heterocycles. The molecule has 0 unspecified atom stereocenters. The first-order chi connectivity index (χ1) is 15.6. The zero-order valence-corrected chi connectivity index (χ0v) is 17.4. The van der Waals surface area contributed by atoms with Crippen LogP contribution < -0.4 is 20.3 Å². The first-order valence-electron chi connectivity index (χ1n) is 10.3. The Hall–Kier alpha value is -4.13. The van der Waals surface area contributed by atoms with E-state index >= 15 is 0 Å². The number of hydrogen-bond acceptors (Lipinski definition) is 4. The van der Waals surface area contributed by atoms with Crippen molar-refractivity contribution in [2.45, 2.75) is 12.8 Å². The van der Waals surface area contributed by atoms with Crippen LogP contribution in [0.15, 0.2) is 78.9 Å². The smallest absolute Gasteiger partial charge is 0.265 e. The molecule has 0 radical (unpaired) electrons. The van der Waals surface area contributed by atoms with Gasteiger partial charge < -0.3 is 15.4 Å². The van der Waals surface area contributed by atoms with E-state index in [9.17, 15) is 14.4 Å². The molecular formula is C25H23N3O4. The molecule has 1 aliphatic rings. The minimum atomic E-state index is -0.326. The topological polar surface area (TPSA) is 87.7 Å². The maximum Gasteiger partial charge on any atom is 0.265 e. The van der Waals surface area contributed by atoms with Gasteiger partial charge in [-0.15, -0.1) is 0 Å². The lowest BCUT2D eigenvalue weighted by molar-refractivity contribution is -0.123. The number of fused-ring (bicyclic) bond motifs is 1. The molecule has 7 nitrogen and oxygen atoms in total. The van der Waals surface area contributed by atoms with Crippen LogP contribution in [-0.2, 0) is 20.8 Å². The molecule has 162 valence electrons. The van der Waals surface area contributed by atoms with E-state index in [1.807, 2.05) is 48.5 Å². The fourth-order valence-corrected chi connectivity index (χ4v) is 3.44. The highest BCUT2D eigenvalue weighted by molar-refractivity contribution is 6.05. The number of hydrogen-bond donors (Lipinski definition) is 2. The predicted molar refractivity (Wildman–Crippen MR) is 123 cm³/mol. The van der Waals surface area contributed by atoms with E-state index in [1.165, 1.54) is 4.90 Å². The molecule has 1 aliphatic heterocycles. The number of nitrogens with zero attached hydrogens (tertiary/aromatic N) is 1. The standard InChI is InChI=1S/C25H23N3O4/c29-23(14-11-18-7-3-1-4-8-18)27-20-12-13-22-21(15-20)28(25(31)17-32-22)16-24(30)26-19-9-5-2-6-10-19/h1-10,12-13,15H,11,14,16-17H2,(H,26,30)(H,27,29). The largest absolute Gasteiger partial charge is 0.482 e. The number of para-hydroxylation sites is 1. The summed E-state index contributed by atoms with van der Waals surface area (Å²) in [7, 11) is 0. The van der Waals surface area contributed by atoms with Gasteiger partial charge in [-0.05, 0) is 42.3 Å². The summed E-state index contributed by atoms with van der Waals surface area (Å²) in [5, 5.41) is 5.63. The Kier molecular flexibility index (Phi) is 6.46. The maximum absolute atomic E-state index is 12.5. The van der Waals surface area contributed by atoms with Crippen LogP contribution in [0.2, 0.25) is 0 Å². The zero-order chi connectivity index (χ0) is 22.3. The van der Waals surface area contributed by atoms with Gasteiger partial charge in [0.1, 0.15) is 12.3 Å². The SMILES string of the molecule is O=C(CCc1ccccc1)Nc1ccc2c(c1)N(CC(=O)Nc1ccccc1)C(=O)CO2. The number of rotatable bonds is 7. The molecule has 0 aromatic heterocycles. The Balaban J connectivity index is 1.43. The predicted octanol–water partition coefficient (Wildman–Crippen LogP) is 3.62. The van der Waals surface area contributed by atoms with Gasteiger partial charge in [-0.2, -0.15) is 0 Å². The van der Waals surface area contributed by atoms with E-state index in [0.717, 1.165) is 5.56 Å². The van der Waals surface area contributed by atoms with E-state index in [0.29, 0.717) is 35.7 Å². The van der Waals surface area contributed by atoms with Crippen LogP contribution in [0, 0.1) is 0 Å². The van der Waals surface area contributed by atoms with Crippen molar-refractivity contribution in [3.05, 3.63) is 84.4 Å². The Morgan fingerprint density at radius 3 is 2.28 bits per heavy atom. The lowest BCUT2D eigenvalue weighted by Crippen LogP contribution is -2.43. The Bertz CT molecular complexity index is 1120. The van der Waals surface area contributed by atoms with Crippen molar-refractivity contribution in [2.24, 2.45) is 0 Å². The van der Waals surface area contributed by atoms with Crippen molar-refractivity contribution in [1.29, 1.82) is 0 Å². The summed E-state index contributed by atoms with van der Waals surface area (Å²) in [6.45, 7) is -0.302. The highest BCUT2D eigenvalue weighted by atomic mass is 16.5. The molecule has 3 amide bonds. The van der Waals surface area contributed by atoms with Crippen LogP contribution >= 0.6 is 0 Å². The fourth-order valence-electron chi connectivity index (χ4n) is 3.44. The van der Waals surface area contributed by atoms with Gasteiger partial charge in [-0.1, -0.05) is 48.5 Å². The second-order valence-corrected chi connectivity index (χ2v) is 7.40. The Morgan fingerprint density at radius 2 is 1.53 bits per heavy atom. The molecular weight excluding hydrogens is 406 g/mol. The van der Waals surface area contributed by atoms with Crippen LogP contribution in [0.1, 0.15) is 12.0 Å². The Labute approximate surface area is 186 Å². The third-order valence-corrected chi connectivity index (χ3v) is 5.03. The number of aryl methyl sites for hydroxylation is 1. The zero-order valence-electron chi connectivity index (χ0n) is 17.4. The molecule has 32 heavy (non-hydrogen) atoms. The molecule has 0 bridgehead atoms. The van der Waals surface area contributed by atoms with Crippen LogP contribution in [0.5, 0.6) is 5.75 Å². The number of amides is 3. The highest BCUT2D eigenvalue weighted by Gasteiger charge is 2.28. The molecule has 4 rings (SSSR count). The summed E-state index contributed by atoms with van der Waals surface area (Å²) in [5.74, 6) is -0.299. The molecule has 0 atom stereocenters. The summed E-state index contributed by atoms with van der Waals surface area (Å²) in [4.78, 5) is 38.7. The molecule has 7 heteroatoms. The number of carbonyl (C=O) groups is 3. The lowest BCUT2D eigenvalue weighted by Gasteiger charge is -2.29. The normalized spacial score (nSPS) is 12.5. The van der Waals surface area contributed by atoms with Crippen LogP contribution in [0.25, 0.3) is 0 Å². The van der Waals surface area contributed by atoms with Crippen molar-refractivity contribution >= 4 is 34.8 Å². The van der Waals surface area contributed by atoms with Crippen molar-refractivity contribution in [3.63, 3.8) is 0 Å². The van der Waals surface area contributed by atoms with E-state index < -0.39 is 0 Å². The van der Waals surface area contributed by atoms with E-state index in [-0.39, 0.29) is 30.9 Å². The van der Waals surface area contributed by atoms with E-state index in [2.05, 4.69) is 10.6 Å². The number of anilines is 3. The van der Waals surface area contributed by atoms with Crippen LogP contribution in [0.4, 0.5) is 17.1 Å². The number of benzene rings is 3. The summed E-state index contributed by atoms with van der Waals surface area (Å²) < 4.78 is 5.50. The molecule has 2 N–H and O–H groups in total. The maximum atomic E-state index is 12.5. The second kappa shape index (κ2) is 9.78. The minimum absolute atomic E-state index is 0.134. The van der Waals surface area contributed by atoms with Gasteiger partial charge >= 0.3 is 0 Å². The molecule has 0 fully saturated rings. The summed E-state index contributed by atoms with van der Waals surface area (Å²) in [6, 6.07) is 23.9. The summed E-state index contributed by atoms with van der Waals surface area (Å²) >= 11 is 0. The second-order valence-electron chi connectivity index (χ2n) is 7.40. The third-order valence-electron chi connectivity index (χ3n) is 5.03. The first-order valence-corrected chi connectivity index (χ1v) is 10.3. The van der Waals surface area contributed by atoms with Gasteiger partial charge in [0, 0.05) is 17.8 Å². The highest BCUT2D eigenvalue weighted by Crippen LogP contribution is 2.34. The molecule has 3 aromatic carbocycles. The van der Waals surface area contributed by atoms with Gasteiger partial charge in [0.2, 0.25) is 11.8 Å². The molecule has 0 spiro atoms. The average Bonchev–Trinajstić information content (AvgIpc) is 2.81. The monoisotopic (exact) mass is 429 g/mol. The van der Waals surface area contributed by atoms with Crippen molar-refractivity contribution in [2.75, 3.05) is 28.7 Å². The number of ether oxygens (including phenoxy) is 1. The third kappa shape index (κ3) is 5.31. The van der Waals surface area contributed by atoms with Crippen LogP contribution in [0.3, 0.4) is 0 Å².